The van der Waals surface area contributed by atoms with Gasteiger partial charge >= 0.3 is 0 Å². The highest BCUT2D eigenvalue weighted by Gasteiger charge is 2.25. The van der Waals surface area contributed by atoms with Crippen LogP contribution in [0.1, 0.15) is 28.9 Å². The minimum absolute atomic E-state index is 0.140. The third kappa shape index (κ3) is 4.35. The van der Waals surface area contributed by atoms with Crippen LogP contribution in [0.4, 0.5) is 0 Å². The van der Waals surface area contributed by atoms with Crippen LogP contribution in [0.2, 0.25) is 15.1 Å². The minimum Gasteiger partial charge on any atom is -0.348 e. The zero-order chi connectivity index (χ0) is 21.3. The number of hydrogen-bond acceptors (Lipinski definition) is 3. The summed E-state index contributed by atoms with van der Waals surface area (Å²) in [6, 6.07) is 12.8. The smallest absolute Gasteiger partial charge is 0.272 e. The molecule has 0 aliphatic carbocycles. The van der Waals surface area contributed by atoms with Crippen LogP contribution in [-0.2, 0) is 0 Å². The maximum atomic E-state index is 13.1. The Hall–Kier alpha value is -2.05. The molecule has 0 atom stereocenters. The maximum absolute atomic E-state index is 13.1. The summed E-state index contributed by atoms with van der Waals surface area (Å²) in [5.74, 6) is -0.182. The molecule has 156 valence electrons. The standard InChI is InChI=1S/C22H21Cl3N4O/c1-13-20(22(30)27-17-8-10-26-11-9-17)28-29(19-7-6-16(24)12-18(19)25)21(13)14-2-4-15(23)5-3-14/h2-7,12,17,26H,8-11H2,1H3,(H,27,30). The number of nitrogens with zero attached hydrogens (tertiary/aromatic N) is 2. The van der Waals surface area contributed by atoms with Crippen molar-refractivity contribution in [1.82, 2.24) is 20.4 Å². The number of carbonyl (C=O) groups excluding carboxylic acids is 1. The first-order chi connectivity index (χ1) is 14.4. The van der Waals surface area contributed by atoms with Crippen LogP contribution in [0.15, 0.2) is 42.5 Å². The normalized spacial score (nSPS) is 14.7. The highest BCUT2D eigenvalue weighted by molar-refractivity contribution is 6.35. The molecule has 0 unspecified atom stereocenters. The first-order valence-electron chi connectivity index (χ1n) is 9.76. The zero-order valence-corrected chi connectivity index (χ0v) is 18.7. The van der Waals surface area contributed by atoms with Crippen molar-refractivity contribution >= 4 is 40.7 Å². The summed E-state index contributed by atoms with van der Waals surface area (Å²) >= 11 is 18.6. The molecular weight excluding hydrogens is 443 g/mol. The van der Waals surface area contributed by atoms with E-state index in [9.17, 15) is 4.79 Å². The molecule has 1 saturated heterocycles. The molecule has 1 aliphatic rings. The van der Waals surface area contributed by atoms with Crippen molar-refractivity contribution in [3.8, 4) is 16.9 Å². The second-order valence-electron chi connectivity index (χ2n) is 7.33. The summed E-state index contributed by atoms with van der Waals surface area (Å²) in [4.78, 5) is 13.1. The first kappa shape index (κ1) is 21.2. The van der Waals surface area contributed by atoms with Crippen LogP contribution >= 0.6 is 34.8 Å². The summed E-state index contributed by atoms with van der Waals surface area (Å²) in [5.41, 5.74) is 3.47. The van der Waals surface area contributed by atoms with Crippen molar-refractivity contribution in [2.75, 3.05) is 13.1 Å². The number of hydrogen-bond donors (Lipinski definition) is 2. The number of piperidine rings is 1. The number of aromatic nitrogens is 2. The molecule has 2 aromatic carbocycles. The molecule has 8 heteroatoms. The van der Waals surface area contributed by atoms with Gasteiger partial charge < -0.3 is 10.6 Å². The van der Waals surface area contributed by atoms with Crippen LogP contribution in [0, 0.1) is 6.92 Å². The Balaban J connectivity index is 1.80. The molecule has 0 radical (unpaired) electrons. The van der Waals surface area contributed by atoms with Crippen molar-refractivity contribution in [2.45, 2.75) is 25.8 Å². The van der Waals surface area contributed by atoms with Gasteiger partial charge in [0.25, 0.3) is 5.91 Å². The molecular formula is C22H21Cl3N4O. The first-order valence-corrected chi connectivity index (χ1v) is 10.9. The van der Waals surface area contributed by atoms with E-state index in [2.05, 4.69) is 15.7 Å². The van der Waals surface area contributed by atoms with Gasteiger partial charge in [0.05, 0.1) is 16.4 Å². The topological polar surface area (TPSA) is 59.0 Å². The Morgan fingerprint density at radius 3 is 2.40 bits per heavy atom. The van der Waals surface area contributed by atoms with Crippen LogP contribution in [-0.4, -0.2) is 34.8 Å². The van der Waals surface area contributed by atoms with Gasteiger partial charge in [-0.1, -0.05) is 46.9 Å². The lowest BCUT2D eigenvalue weighted by molar-refractivity contribution is 0.0923. The van der Waals surface area contributed by atoms with Crippen molar-refractivity contribution in [3.63, 3.8) is 0 Å². The second-order valence-corrected chi connectivity index (χ2v) is 8.61. The van der Waals surface area contributed by atoms with Gasteiger partial charge in [0, 0.05) is 27.2 Å². The van der Waals surface area contributed by atoms with Crippen LogP contribution < -0.4 is 10.6 Å². The van der Waals surface area contributed by atoms with Crippen LogP contribution in [0.5, 0.6) is 0 Å². The fourth-order valence-electron chi connectivity index (χ4n) is 3.71. The molecule has 5 nitrogen and oxygen atoms in total. The lowest BCUT2D eigenvalue weighted by Gasteiger charge is -2.23. The molecule has 2 N–H and O–H groups in total. The van der Waals surface area contributed by atoms with E-state index in [4.69, 9.17) is 34.8 Å². The Morgan fingerprint density at radius 2 is 1.73 bits per heavy atom. The van der Waals surface area contributed by atoms with Crippen molar-refractivity contribution in [2.24, 2.45) is 0 Å². The van der Waals surface area contributed by atoms with Gasteiger partial charge in [-0.2, -0.15) is 5.10 Å². The van der Waals surface area contributed by atoms with E-state index >= 15 is 0 Å². The molecule has 0 spiro atoms. The van der Waals surface area contributed by atoms with E-state index in [-0.39, 0.29) is 11.9 Å². The predicted octanol–water partition coefficient (Wildman–Crippen LogP) is 5.29. The molecule has 1 aromatic heterocycles. The number of rotatable bonds is 4. The largest absolute Gasteiger partial charge is 0.348 e. The van der Waals surface area contributed by atoms with Gasteiger partial charge in [-0.05, 0) is 63.2 Å². The quantitative estimate of drug-likeness (QED) is 0.553. The van der Waals surface area contributed by atoms with E-state index in [1.165, 1.54) is 0 Å². The molecule has 0 bridgehead atoms. The molecule has 2 heterocycles. The van der Waals surface area contributed by atoms with Gasteiger partial charge in [0.15, 0.2) is 5.69 Å². The Kier molecular flexibility index (Phi) is 6.34. The number of nitrogens with one attached hydrogen (secondary N) is 2. The fourth-order valence-corrected chi connectivity index (χ4v) is 4.32. The van der Waals surface area contributed by atoms with Crippen LogP contribution in [0.25, 0.3) is 16.9 Å². The predicted molar refractivity (Wildman–Crippen MR) is 122 cm³/mol. The molecule has 4 rings (SSSR count). The van der Waals surface area contributed by atoms with Crippen LogP contribution in [0.3, 0.4) is 0 Å². The fraction of sp³-hybridized carbons (Fsp3) is 0.273. The van der Waals surface area contributed by atoms with E-state index < -0.39 is 0 Å². The molecule has 0 saturated carbocycles. The second kappa shape index (κ2) is 8.98. The molecule has 1 fully saturated rings. The number of halogens is 3. The van der Waals surface area contributed by atoms with E-state index in [0.717, 1.165) is 42.8 Å². The molecule has 3 aromatic rings. The number of carbonyl (C=O) groups is 1. The van der Waals surface area contributed by atoms with Gasteiger partial charge in [-0.25, -0.2) is 4.68 Å². The lowest BCUT2D eigenvalue weighted by atomic mass is 10.0. The highest BCUT2D eigenvalue weighted by atomic mass is 35.5. The van der Waals surface area contributed by atoms with E-state index in [0.29, 0.717) is 26.4 Å². The summed E-state index contributed by atoms with van der Waals surface area (Å²) in [6.45, 7) is 3.69. The Morgan fingerprint density at radius 1 is 1.07 bits per heavy atom. The number of amides is 1. The van der Waals surface area contributed by atoms with E-state index in [1.807, 2.05) is 31.2 Å². The van der Waals surface area contributed by atoms with Crippen molar-refractivity contribution in [3.05, 3.63) is 68.8 Å². The van der Waals surface area contributed by atoms with Gasteiger partial charge in [-0.15, -0.1) is 0 Å². The molecule has 30 heavy (non-hydrogen) atoms. The van der Waals surface area contributed by atoms with Crippen molar-refractivity contribution < 1.29 is 4.79 Å². The summed E-state index contributed by atoms with van der Waals surface area (Å²) in [6.07, 6.45) is 1.80. The summed E-state index contributed by atoms with van der Waals surface area (Å²) in [5, 5.41) is 12.7. The highest BCUT2D eigenvalue weighted by Crippen LogP contribution is 2.33. The average Bonchev–Trinajstić information content (AvgIpc) is 3.06. The third-order valence-corrected chi connectivity index (χ3v) is 6.06. The maximum Gasteiger partial charge on any atom is 0.272 e. The Bertz CT molecular complexity index is 1070. The summed E-state index contributed by atoms with van der Waals surface area (Å²) in [7, 11) is 0. The number of benzene rings is 2. The van der Waals surface area contributed by atoms with Gasteiger partial charge in [-0.3, -0.25) is 4.79 Å². The Labute approximate surface area is 190 Å². The van der Waals surface area contributed by atoms with Crippen molar-refractivity contribution in [1.29, 1.82) is 0 Å². The molecule has 1 amide bonds. The monoisotopic (exact) mass is 462 g/mol. The van der Waals surface area contributed by atoms with Gasteiger partial charge in [0.1, 0.15) is 0 Å². The SMILES string of the molecule is Cc1c(C(=O)NC2CCNCC2)nn(-c2ccc(Cl)cc2Cl)c1-c1ccc(Cl)cc1. The van der Waals surface area contributed by atoms with E-state index in [1.54, 1.807) is 22.9 Å². The lowest BCUT2D eigenvalue weighted by Crippen LogP contribution is -2.43. The van der Waals surface area contributed by atoms with Gasteiger partial charge in [0.2, 0.25) is 0 Å². The third-order valence-electron chi connectivity index (χ3n) is 5.27. The zero-order valence-electron chi connectivity index (χ0n) is 16.4. The molecule has 1 aliphatic heterocycles. The minimum atomic E-state index is -0.182. The summed E-state index contributed by atoms with van der Waals surface area (Å²) < 4.78 is 1.70. The average molecular weight is 464 g/mol.